The number of aromatic nitrogens is 4. The Bertz CT molecular complexity index is 2660. The van der Waals surface area contributed by atoms with Gasteiger partial charge in [0, 0.05) is 43.9 Å². The van der Waals surface area contributed by atoms with Crippen molar-refractivity contribution in [3.05, 3.63) is 146 Å². The first-order chi connectivity index (χ1) is 21.9. The average molecular weight is 561 g/mol. The van der Waals surface area contributed by atoms with Gasteiger partial charge in [-0.2, -0.15) is 0 Å². The monoisotopic (exact) mass is 560 g/mol. The highest BCUT2D eigenvalue weighted by Gasteiger charge is 2.20. The van der Waals surface area contributed by atoms with Crippen LogP contribution in [-0.4, -0.2) is 19.1 Å². The average Bonchev–Trinajstić information content (AvgIpc) is 3.61. The minimum atomic E-state index is 0.675. The molecule has 44 heavy (non-hydrogen) atoms. The van der Waals surface area contributed by atoms with E-state index in [1.54, 1.807) is 0 Å². The molecule has 10 rings (SSSR count). The molecule has 10 aromatic rings. The first-order valence-corrected chi connectivity index (χ1v) is 14.9. The molecule has 3 aromatic heterocycles. The second-order valence-corrected chi connectivity index (χ2v) is 11.4. The van der Waals surface area contributed by atoms with Crippen LogP contribution in [0.4, 0.5) is 0 Å². The standard InChI is InChI=1S/C40H24N4/c1-2-17-31-25(12-1)30-18-11-23-37(43-33-19-7-3-13-26(33)27-14-4-8-20-34(27)43)38(30)32-24-41-40(42-39(31)32)44-35-21-9-5-15-28(35)29-16-6-10-22-36(29)44/h1-24H. The summed E-state index contributed by atoms with van der Waals surface area (Å²) in [5.41, 5.74) is 6.65. The fourth-order valence-electron chi connectivity index (χ4n) is 7.35. The van der Waals surface area contributed by atoms with E-state index >= 15 is 0 Å². The van der Waals surface area contributed by atoms with E-state index in [-0.39, 0.29) is 0 Å². The summed E-state index contributed by atoms with van der Waals surface area (Å²) in [7, 11) is 0. The highest BCUT2D eigenvalue weighted by molar-refractivity contribution is 6.27. The van der Waals surface area contributed by atoms with E-state index in [1.807, 2.05) is 6.20 Å². The van der Waals surface area contributed by atoms with Crippen molar-refractivity contribution in [2.75, 3.05) is 0 Å². The number of fused-ring (bicyclic) bond motifs is 12. The number of hydrogen-bond donors (Lipinski definition) is 0. The molecule has 4 heteroatoms. The van der Waals surface area contributed by atoms with Crippen molar-refractivity contribution < 1.29 is 0 Å². The Morgan fingerprint density at radius 3 is 1.39 bits per heavy atom. The Morgan fingerprint density at radius 1 is 0.364 bits per heavy atom. The third-order valence-corrected chi connectivity index (χ3v) is 9.16. The van der Waals surface area contributed by atoms with Crippen LogP contribution < -0.4 is 0 Å². The number of benzene rings is 7. The number of rotatable bonds is 2. The van der Waals surface area contributed by atoms with Crippen molar-refractivity contribution in [2.45, 2.75) is 0 Å². The molecular weight excluding hydrogens is 536 g/mol. The molecule has 0 bridgehead atoms. The molecule has 204 valence electrons. The fourth-order valence-corrected chi connectivity index (χ4v) is 7.35. The van der Waals surface area contributed by atoms with Crippen LogP contribution in [0.5, 0.6) is 0 Å². The molecule has 3 heterocycles. The molecule has 0 unspecified atom stereocenters. The van der Waals surface area contributed by atoms with E-state index in [0.717, 1.165) is 38.4 Å². The maximum absolute atomic E-state index is 5.39. The van der Waals surface area contributed by atoms with Gasteiger partial charge in [-0.05, 0) is 41.1 Å². The van der Waals surface area contributed by atoms with Gasteiger partial charge < -0.3 is 4.57 Å². The summed E-state index contributed by atoms with van der Waals surface area (Å²) in [6.07, 6.45) is 2.04. The van der Waals surface area contributed by atoms with Crippen LogP contribution in [0.3, 0.4) is 0 Å². The van der Waals surface area contributed by atoms with Crippen molar-refractivity contribution >= 4 is 76.1 Å². The number of hydrogen-bond acceptors (Lipinski definition) is 2. The lowest BCUT2D eigenvalue weighted by Gasteiger charge is -2.16. The molecule has 0 saturated carbocycles. The van der Waals surface area contributed by atoms with Crippen LogP contribution in [0.25, 0.3) is 87.7 Å². The molecule has 0 aliphatic heterocycles. The lowest BCUT2D eigenvalue weighted by atomic mass is 9.96. The Morgan fingerprint density at radius 2 is 0.818 bits per heavy atom. The molecule has 0 aliphatic rings. The third-order valence-electron chi connectivity index (χ3n) is 9.16. The molecule has 0 spiro atoms. The number of para-hydroxylation sites is 4. The molecule has 0 radical (unpaired) electrons. The van der Waals surface area contributed by atoms with Crippen molar-refractivity contribution in [1.29, 1.82) is 0 Å². The van der Waals surface area contributed by atoms with Crippen LogP contribution in [-0.2, 0) is 0 Å². The molecule has 0 saturated heterocycles. The Kier molecular flexibility index (Phi) is 4.69. The van der Waals surface area contributed by atoms with Gasteiger partial charge in [-0.1, -0.05) is 109 Å². The molecule has 0 atom stereocenters. The van der Waals surface area contributed by atoms with E-state index in [4.69, 9.17) is 9.97 Å². The molecule has 0 aliphatic carbocycles. The van der Waals surface area contributed by atoms with Crippen molar-refractivity contribution in [3.63, 3.8) is 0 Å². The molecule has 0 N–H and O–H groups in total. The predicted molar refractivity (Wildman–Crippen MR) is 183 cm³/mol. The van der Waals surface area contributed by atoms with Gasteiger partial charge in [-0.3, -0.25) is 4.57 Å². The van der Waals surface area contributed by atoms with Gasteiger partial charge in [0.05, 0.1) is 33.3 Å². The Labute approximate surface area is 252 Å². The van der Waals surface area contributed by atoms with E-state index in [2.05, 4.69) is 149 Å². The molecular formula is C40H24N4. The SMILES string of the molecule is c1ccc2c(c1)c1cccc(-n3c4ccccc4c4ccccc43)c1c1cnc(-n3c4ccccc4c4ccccc43)nc21. The minimum absolute atomic E-state index is 0.675. The van der Waals surface area contributed by atoms with E-state index in [9.17, 15) is 0 Å². The quantitative estimate of drug-likeness (QED) is 0.197. The van der Waals surface area contributed by atoms with Crippen molar-refractivity contribution in [2.24, 2.45) is 0 Å². The van der Waals surface area contributed by atoms with Gasteiger partial charge in [-0.25, -0.2) is 9.97 Å². The predicted octanol–water partition coefficient (Wildman–Crippen LogP) is 10.1. The summed E-state index contributed by atoms with van der Waals surface area (Å²) in [5, 5.41) is 10.6. The van der Waals surface area contributed by atoms with Crippen molar-refractivity contribution in [1.82, 2.24) is 19.1 Å². The highest BCUT2D eigenvalue weighted by atomic mass is 15.2. The largest absolute Gasteiger partial charge is 0.309 e. The van der Waals surface area contributed by atoms with Gasteiger partial charge in [0.25, 0.3) is 0 Å². The normalized spacial score (nSPS) is 12.1. The lowest BCUT2D eigenvalue weighted by molar-refractivity contribution is 1.01. The summed E-state index contributed by atoms with van der Waals surface area (Å²) in [6, 6.07) is 49.6. The van der Waals surface area contributed by atoms with Gasteiger partial charge in [0.1, 0.15) is 0 Å². The van der Waals surface area contributed by atoms with Crippen LogP contribution >= 0.6 is 0 Å². The first kappa shape index (κ1) is 23.6. The third kappa shape index (κ3) is 3.06. The first-order valence-electron chi connectivity index (χ1n) is 14.9. The van der Waals surface area contributed by atoms with Gasteiger partial charge in [0.2, 0.25) is 5.95 Å². The van der Waals surface area contributed by atoms with E-state index < -0.39 is 0 Å². The van der Waals surface area contributed by atoms with Crippen LogP contribution in [0.15, 0.2) is 146 Å². The zero-order valence-electron chi connectivity index (χ0n) is 23.6. The van der Waals surface area contributed by atoms with Crippen molar-refractivity contribution in [3.8, 4) is 11.6 Å². The zero-order valence-corrected chi connectivity index (χ0v) is 23.6. The Balaban J connectivity index is 1.37. The topological polar surface area (TPSA) is 35.6 Å². The highest BCUT2D eigenvalue weighted by Crippen LogP contribution is 2.41. The Hall–Kier alpha value is -6.00. The maximum Gasteiger partial charge on any atom is 0.235 e. The summed E-state index contributed by atoms with van der Waals surface area (Å²) in [5.74, 6) is 0.675. The van der Waals surface area contributed by atoms with Gasteiger partial charge in [-0.15, -0.1) is 0 Å². The summed E-state index contributed by atoms with van der Waals surface area (Å²) < 4.78 is 4.60. The summed E-state index contributed by atoms with van der Waals surface area (Å²) in [4.78, 5) is 10.5. The second kappa shape index (κ2) is 8.76. The van der Waals surface area contributed by atoms with Gasteiger partial charge >= 0.3 is 0 Å². The molecule has 0 amide bonds. The van der Waals surface area contributed by atoms with Crippen LogP contribution in [0.1, 0.15) is 0 Å². The summed E-state index contributed by atoms with van der Waals surface area (Å²) >= 11 is 0. The second-order valence-electron chi connectivity index (χ2n) is 11.4. The zero-order chi connectivity index (χ0) is 28.8. The summed E-state index contributed by atoms with van der Waals surface area (Å²) in [6.45, 7) is 0. The molecule has 4 nitrogen and oxygen atoms in total. The van der Waals surface area contributed by atoms with Gasteiger partial charge in [0.15, 0.2) is 0 Å². The van der Waals surface area contributed by atoms with Crippen LogP contribution in [0, 0.1) is 0 Å². The fraction of sp³-hybridized carbons (Fsp3) is 0. The molecule has 7 aromatic carbocycles. The van der Waals surface area contributed by atoms with E-state index in [1.165, 1.54) is 43.4 Å². The minimum Gasteiger partial charge on any atom is -0.309 e. The smallest absolute Gasteiger partial charge is 0.235 e. The number of nitrogens with zero attached hydrogens (tertiary/aromatic N) is 4. The van der Waals surface area contributed by atoms with E-state index in [0.29, 0.717) is 5.95 Å². The van der Waals surface area contributed by atoms with Crippen LogP contribution in [0.2, 0.25) is 0 Å². The maximum atomic E-state index is 5.39. The lowest BCUT2D eigenvalue weighted by Crippen LogP contribution is -2.02. The molecule has 0 fully saturated rings.